The van der Waals surface area contributed by atoms with Crippen LogP contribution in [0.4, 0.5) is 0 Å². The normalized spacial score (nSPS) is 10.6. The second-order valence-corrected chi connectivity index (χ2v) is 6.70. The Balaban J connectivity index is 1.91. The zero-order valence-corrected chi connectivity index (χ0v) is 14.2. The second-order valence-electron chi connectivity index (χ2n) is 5.31. The number of benzene rings is 3. The Morgan fingerprint density at radius 1 is 0.565 bits per heavy atom. The Morgan fingerprint density at radius 2 is 1.00 bits per heavy atom. The van der Waals surface area contributed by atoms with Crippen molar-refractivity contribution < 1.29 is 9.05 Å². The molecule has 0 saturated carbocycles. The molecule has 0 aromatic heterocycles. The van der Waals surface area contributed by atoms with E-state index in [9.17, 15) is 0 Å². The largest absolute Gasteiger partial charge is 0.435 e. The molecule has 3 aromatic carbocycles. The van der Waals surface area contributed by atoms with E-state index in [0.717, 1.165) is 27.9 Å². The lowest BCUT2D eigenvalue weighted by Crippen LogP contribution is -2.10. The van der Waals surface area contributed by atoms with E-state index in [2.05, 4.69) is 0 Å². The van der Waals surface area contributed by atoms with Gasteiger partial charge in [-0.15, -0.1) is 0 Å². The second kappa shape index (κ2) is 7.30. The fourth-order valence-corrected chi connectivity index (χ4v) is 3.60. The van der Waals surface area contributed by atoms with E-state index in [1.165, 1.54) is 0 Å². The van der Waals surface area contributed by atoms with Crippen LogP contribution in [0.25, 0.3) is 0 Å². The van der Waals surface area contributed by atoms with Crippen LogP contribution in [0.3, 0.4) is 0 Å². The van der Waals surface area contributed by atoms with E-state index < -0.39 is 8.38 Å². The van der Waals surface area contributed by atoms with E-state index >= 15 is 0 Å². The molecule has 0 spiro atoms. The molecule has 0 heterocycles. The van der Waals surface area contributed by atoms with Crippen LogP contribution in [0.5, 0.6) is 11.5 Å². The van der Waals surface area contributed by atoms with Crippen LogP contribution in [0, 0.1) is 13.8 Å². The Labute approximate surface area is 138 Å². The predicted octanol–water partition coefficient (Wildman–Crippen LogP) is 5.40. The molecule has 0 bridgehead atoms. The van der Waals surface area contributed by atoms with Gasteiger partial charge in [-0.3, -0.25) is 0 Å². The lowest BCUT2D eigenvalue weighted by molar-refractivity contribution is 0.497. The van der Waals surface area contributed by atoms with E-state index in [0.29, 0.717) is 0 Å². The topological polar surface area (TPSA) is 18.5 Å². The van der Waals surface area contributed by atoms with E-state index in [1.807, 2.05) is 92.7 Å². The van der Waals surface area contributed by atoms with Gasteiger partial charge in [-0.05, 0) is 49.2 Å². The monoisotopic (exact) mass is 322 g/mol. The Morgan fingerprint density at radius 3 is 1.48 bits per heavy atom. The van der Waals surface area contributed by atoms with Crippen molar-refractivity contribution in [2.24, 2.45) is 0 Å². The highest BCUT2D eigenvalue weighted by Gasteiger charge is 2.19. The van der Waals surface area contributed by atoms with E-state index in [1.54, 1.807) is 0 Å². The molecule has 2 nitrogen and oxygen atoms in total. The first kappa shape index (κ1) is 15.6. The van der Waals surface area contributed by atoms with Crippen molar-refractivity contribution in [3.05, 3.63) is 90.0 Å². The summed E-state index contributed by atoms with van der Waals surface area (Å²) in [6.45, 7) is 4.09. The average Bonchev–Trinajstić information content (AvgIpc) is 2.59. The Hall–Kier alpha value is -2.31. The summed E-state index contributed by atoms with van der Waals surface area (Å²) >= 11 is 0. The molecule has 3 rings (SSSR count). The van der Waals surface area contributed by atoms with Crippen LogP contribution in [0.1, 0.15) is 11.1 Å². The van der Waals surface area contributed by atoms with Crippen LogP contribution in [0.15, 0.2) is 78.9 Å². The summed E-state index contributed by atoms with van der Waals surface area (Å²) in [5.74, 6) is 1.71. The van der Waals surface area contributed by atoms with Crippen LogP contribution < -0.4 is 14.4 Å². The van der Waals surface area contributed by atoms with E-state index in [4.69, 9.17) is 9.05 Å². The molecular weight excluding hydrogens is 303 g/mol. The molecule has 0 aliphatic heterocycles. The van der Waals surface area contributed by atoms with Gasteiger partial charge in [0, 0.05) is 0 Å². The molecule has 0 atom stereocenters. The highest BCUT2D eigenvalue weighted by Crippen LogP contribution is 2.41. The first-order valence-electron chi connectivity index (χ1n) is 7.56. The maximum absolute atomic E-state index is 6.23. The van der Waals surface area contributed by atoms with Crippen molar-refractivity contribution in [2.45, 2.75) is 13.8 Å². The first-order valence-corrected chi connectivity index (χ1v) is 8.74. The van der Waals surface area contributed by atoms with Gasteiger partial charge < -0.3 is 9.05 Å². The summed E-state index contributed by atoms with van der Waals surface area (Å²) < 4.78 is 12.5. The van der Waals surface area contributed by atoms with Crippen molar-refractivity contribution in [3.63, 3.8) is 0 Å². The molecule has 0 radical (unpaired) electrons. The summed E-state index contributed by atoms with van der Waals surface area (Å²) in [7, 11) is -1.24. The zero-order chi connectivity index (χ0) is 16.1. The third-order valence-electron chi connectivity index (χ3n) is 3.52. The molecule has 0 aliphatic carbocycles. The van der Waals surface area contributed by atoms with Crippen molar-refractivity contribution in [1.29, 1.82) is 0 Å². The third kappa shape index (κ3) is 3.91. The minimum Gasteiger partial charge on any atom is -0.435 e. The molecule has 0 N–H and O–H groups in total. The molecule has 3 heteroatoms. The molecule has 0 fully saturated rings. The van der Waals surface area contributed by atoms with Gasteiger partial charge >= 0.3 is 8.38 Å². The fraction of sp³-hybridized carbons (Fsp3) is 0.100. The van der Waals surface area contributed by atoms with Crippen molar-refractivity contribution in [1.82, 2.24) is 0 Å². The molecule has 116 valence electrons. The van der Waals surface area contributed by atoms with Gasteiger partial charge in [-0.2, -0.15) is 0 Å². The van der Waals surface area contributed by atoms with Crippen LogP contribution >= 0.6 is 8.38 Å². The molecule has 0 amide bonds. The molecule has 23 heavy (non-hydrogen) atoms. The summed E-state index contributed by atoms with van der Waals surface area (Å²) in [4.78, 5) is 0. The van der Waals surface area contributed by atoms with Gasteiger partial charge in [0.05, 0.1) is 5.30 Å². The van der Waals surface area contributed by atoms with Gasteiger partial charge in [0.1, 0.15) is 11.5 Å². The maximum Gasteiger partial charge on any atom is 0.326 e. The maximum atomic E-state index is 6.23. The fourth-order valence-electron chi connectivity index (χ4n) is 2.17. The van der Waals surface area contributed by atoms with E-state index in [-0.39, 0.29) is 0 Å². The third-order valence-corrected chi connectivity index (χ3v) is 4.96. The van der Waals surface area contributed by atoms with Crippen LogP contribution in [-0.4, -0.2) is 0 Å². The first-order chi connectivity index (χ1) is 11.2. The SMILES string of the molecule is Cc1ccccc1OP(Oc1ccccc1C)c1ccccc1. The van der Waals surface area contributed by atoms with Gasteiger partial charge in [0.15, 0.2) is 0 Å². The van der Waals surface area contributed by atoms with Crippen molar-refractivity contribution >= 4 is 13.7 Å². The quantitative estimate of drug-likeness (QED) is 0.586. The highest BCUT2D eigenvalue weighted by atomic mass is 31.2. The number of hydrogen-bond acceptors (Lipinski definition) is 2. The van der Waals surface area contributed by atoms with Gasteiger partial charge in [0.2, 0.25) is 0 Å². The van der Waals surface area contributed by atoms with Crippen LogP contribution in [0.2, 0.25) is 0 Å². The number of para-hydroxylation sites is 2. The predicted molar refractivity (Wildman–Crippen MR) is 96.6 cm³/mol. The lowest BCUT2D eigenvalue weighted by Gasteiger charge is -2.20. The number of aryl methyl sites for hydroxylation is 2. The summed E-state index contributed by atoms with van der Waals surface area (Å²) in [6.07, 6.45) is 0. The van der Waals surface area contributed by atoms with Crippen molar-refractivity contribution in [3.8, 4) is 11.5 Å². The Bertz CT molecular complexity index is 724. The van der Waals surface area contributed by atoms with Crippen LogP contribution in [-0.2, 0) is 0 Å². The summed E-state index contributed by atoms with van der Waals surface area (Å²) in [5.41, 5.74) is 2.20. The zero-order valence-electron chi connectivity index (χ0n) is 13.3. The standard InChI is InChI=1S/C20H19O2P/c1-16-10-6-8-14-19(16)21-23(18-12-4-3-5-13-18)22-20-15-9-7-11-17(20)2/h3-15H,1-2H3. The molecule has 0 saturated heterocycles. The molecule has 0 unspecified atom stereocenters. The molecular formula is C20H19O2P. The average molecular weight is 322 g/mol. The van der Waals surface area contributed by atoms with Crippen molar-refractivity contribution in [2.75, 3.05) is 0 Å². The summed E-state index contributed by atoms with van der Waals surface area (Å²) in [5, 5.41) is 1.05. The van der Waals surface area contributed by atoms with Gasteiger partial charge in [0.25, 0.3) is 0 Å². The number of rotatable bonds is 5. The minimum atomic E-state index is -1.24. The lowest BCUT2D eigenvalue weighted by atomic mass is 10.2. The smallest absolute Gasteiger partial charge is 0.326 e. The number of hydrogen-bond donors (Lipinski definition) is 0. The summed E-state index contributed by atoms with van der Waals surface area (Å²) in [6, 6.07) is 26.1. The molecule has 0 aliphatic rings. The molecule has 3 aromatic rings. The Kier molecular flexibility index (Phi) is 4.95. The minimum absolute atomic E-state index is 0.857. The van der Waals surface area contributed by atoms with Gasteiger partial charge in [-0.25, -0.2) is 0 Å². The highest BCUT2D eigenvalue weighted by molar-refractivity contribution is 7.56. The van der Waals surface area contributed by atoms with Gasteiger partial charge in [-0.1, -0.05) is 54.6 Å².